The van der Waals surface area contributed by atoms with Gasteiger partial charge in [0.2, 0.25) is 5.91 Å². The highest BCUT2D eigenvalue weighted by molar-refractivity contribution is 6.03. The summed E-state index contributed by atoms with van der Waals surface area (Å²) in [6, 6.07) is 1.38. The summed E-state index contributed by atoms with van der Waals surface area (Å²) in [6.07, 6.45) is 15.0. The molecule has 8 atom stereocenters. The molecule has 2 bridgehead atoms. The first-order valence-electron chi connectivity index (χ1n) is 29.4. The smallest absolute Gasteiger partial charge is 0.325 e. The number of carbonyl (C=O) groups is 5. The number of phenolic OH excluding ortho intramolecular Hbond substituents is 2. The number of benzene rings is 2. The number of nitrogens with zero attached hydrogens (tertiary/aromatic N) is 3. The van der Waals surface area contributed by atoms with Crippen molar-refractivity contribution in [3.63, 3.8) is 0 Å². The topological polar surface area (TPSA) is 224 Å². The third-order valence-corrected chi connectivity index (χ3v) is 19.5. The van der Waals surface area contributed by atoms with Crippen LogP contribution in [0.2, 0.25) is 0 Å². The molecule has 3 amide bonds. The highest BCUT2D eigenvalue weighted by atomic mass is 16.5. The van der Waals surface area contributed by atoms with Gasteiger partial charge < -0.3 is 54.4 Å². The van der Waals surface area contributed by atoms with Gasteiger partial charge in [0.05, 0.1) is 36.4 Å². The number of hydrogen-bond donors (Lipinski definition) is 5. The van der Waals surface area contributed by atoms with Crippen LogP contribution in [0.1, 0.15) is 203 Å². The van der Waals surface area contributed by atoms with E-state index in [0.29, 0.717) is 66.0 Å². The zero-order valence-electron chi connectivity index (χ0n) is 49.8. The Morgan fingerprint density at radius 2 is 1.25 bits per heavy atom. The van der Waals surface area contributed by atoms with Crippen LogP contribution >= 0.6 is 0 Å². The van der Waals surface area contributed by atoms with Crippen molar-refractivity contribution < 1.29 is 63.7 Å². The molecule has 8 rings (SSSR count). The van der Waals surface area contributed by atoms with Crippen LogP contribution in [0.15, 0.2) is 58.7 Å². The van der Waals surface area contributed by atoms with Crippen LogP contribution in [0, 0.1) is 16.7 Å². The maximum absolute atomic E-state index is 15.2. The molecule has 4 aliphatic heterocycles. The second-order valence-electron chi connectivity index (χ2n) is 26.0. The van der Waals surface area contributed by atoms with Gasteiger partial charge in [0.25, 0.3) is 11.8 Å². The summed E-state index contributed by atoms with van der Waals surface area (Å²) < 4.78 is 19.5. The number of ether oxygens (including phenoxy) is 3. The lowest BCUT2D eigenvalue weighted by Gasteiger charge is -2.41. The summed E-state index contributed by atoms with van der Waals surface area (Å²) in [6.45, 7) is 21.1. The van der Waals surface area contributed by atoms with Crippen molar-refractivity contribution in [2.75, 3.05) is 19.6 Å². The fourth-order valence-electron chi connectivity index (χ4n) is 13.6. The molecule has 0 saturated heterocycles. The molecule has 0 aromatic heterocycles. The number of allylic oxidation sites excluding steroid dienone is 8. The Morgan fingerprint density at radius 1 is 0.728 bits per heavy atom. The number of aliphatic hydroxyl groups is 2. The largest absolute Gasteiger partial charge is 0.508 e. The summed E-state index contributed by atoms with van der Waals surface area (Å²) in [5.41, 5.74) is 4.51. The summed E-state index contributed by atoms with van der Waals surface area (Å²) in [4.78, 5) is 74.8. The van der Waals surface area contributed by atoms with Gasteiger partial charge in [-0.3, -0.25) is 24.0 Å². The van der Waals surface area contributed by atoms with E-state index in [9.17, 15) is 44.7 Å². The molecule has 442 valence electrons. The van der Waals surface area contributed by atoms with Crippen molar-refractivity contribution in [1.82, 2.24) is 14.7 Å². The van der Waals surface area contributed by atoms with E-state index in [1.54, 1.807) is 4.90 Å². The van der Waals surface area contributed by atoms with Crippen LogP contribution in [-0.4, -0.2) is 125 Å². The number of carbonyl (C=O) groups excluding carboxylic acids is 4. The van der Waals surface area contributed by atoms with E-state index >= 15 is 4.79 Å². The fourth-order valence-corrected chi connectivity index (χ4v) is 13.6. The van der Waals surface area contributed by atoms with E-state index in [-0.39, 0.29) is 90.4 Å². The minimum Gasteiger partial charge on any atom is -0.508 e. The van der Waals surface area contributed by atoms with Gasteiger partial charge in [-0.1, -0.05) is 67.4 Å². The molecule has 2 aromatic carbocycles. The first-order valence-corrected chi connectivity index (χ1v) is 29.4. The molecular formula is C65H89N3O13. The Balaban J connectivity index is 1.04. The number of aromatic hydroxyl groups is 2. The molecule has 16 nitrogen and oxygen atoms in total. The Morgan fingerprint density at radius 3 is 1.73 bits per heavy atom. The van der Waals surface area contributed by atoms with Crippen molar-refractivity contribution in [3.05, 3.63) is 92.1 Å². The maximum atomic E-state index is 15.2. The summed E-state index contributed by atoms with van der Waals surface area (Å²) in [5, 5.41) is 56.0. The van der Waals surface area contributed by atoms with Crippen LogP contribution in [0.4, 0.5) is 0 Å². The second-order valence-corrected chi connectivity index (χ2v) is 26.0. The summed E-state index contributed by atoms with van der Waals surface area (Å²) >= 11 is 0. The quantitative estimate of drug-likeness (QED) is 0.0517. The fraction of sp³-hybridized carbons (Fsp3) is 0.615. The van der Waals surface area contributed by atoms with E-state index in [0.717, 1.165) is 43.4 Å². The Labute approximate surface area is 478 Å². The average Bonchev–Trinajstić information content (AvgIpc) is 4.16. The van der Waals surface area contributed by atoms with Crippen molar-refractivity contribution in [1.29, 1.82) is 0 Å². The van der Waals surface area contributed by atoms with Crippen LogP contribution in [-0.2, 0) is 45.1 Å². The second kappa shape index (κ2) is 24.0. The molecule has 2 aliphatic carbocycles. The van der Waals surface area contributed by atoms with E-state index < -0.39 is 72.4 Å². The normalized spacial score (nSPS) is 26.5. The van der Waals surface area contributed by atoms with Crippen LogP contribution in [0.3, 0.4) is 0 Å². The Kier molecular flexibility index (Phi) is 18.1. The zero-order chi connectivity index (χ0) is 59.1. The van der Waals surface area contributed by atoms with Gasteiger partial charge in [-0.2, -0.15) is 0 Å². The van der Waals surface area contributed by atoms with Crippen LogP contribution < -0.4 is 9.47 Å². The number of hydrogen-bond acceptors (Lipinski definition) is 12. The monoisotopic (exact) mass is 1120 g/mol. The average molecular weight is 1120 g/mol. The third-order valence-electron chi connectivity index (χ3n) is 19.5. The predicted molar refractivity (Wildman–Crippen MR) is 308 cm³/mol. The van der Waals surface area contributed by atoms with Gasteiger partial charge in [0.1, 0.15) is 59.4 Å². The minimum absolute atomic E-state index is 0.0452. The third kappa shape index (κ3) is 12.5. The van der Waals surface area contributed by atoms with Crippen molar-refractivity contribution in [3.8, 4) is 23.0 Å². The minimum atomic E-state index is -1.37. The molecule has 0 radical (unpaired) electrons. The zero-order valence-corrected chi connectivity index (χ0v) is 49.8. The van der Waals surface area contributed by atoms with Gasteiger partial charge in [-0.05, 0) is 162 Å². The summed E-state index contributed by atoms with van der Waals surface area (Å²) in [5.74, 6) is -3.38. The lowest BCUT2D eigenvalue weighted by molar-refractivity contribution is -0.162. The lowest BCUT2D eigenvalue weighted by Crippen LogP contribution is -2.52. The molecule has 6 aliphatic rings. The molecule has 81 heavy (non-hydrogen) atoms. The predicted octanol–water partition coefficient (Wildman–Crippen LogP) is 10.6. The Bertz CT molecular complexity index is 2930. The number of rotatable bonds is 23. The molecule has 2 aromatic rings. The van der Waals surface area contributed by atoms with E-state index in [1.165, 1.54) is 39.3 Å². The molecule has 2 fully saturated rings. The number of carboxylic acids is 1. The van der Waals surface area contributed by atoms with E-state index in [4.69, 9.17) is 14.2 Å². The number of phenols is 2. The standard InChI is InChI=1S/C65H89N3O13/c1-38(2)17-12-19-40(5)21-14-25-64(10)52(71)32-45-50(69)30-43-47(57(45)80-64)34-66(59(43)76)28-16-23-49(61(78)67(36-55(73)74)37-56(75)79-54-29-42-24-27-63(54,9)62(42,7)8)68-35-48-44(60(68)77)31-51(70)46-33-53(72)65(11,81-58(46)48)26-15-22-41(6)20-13-18-39(3)4/h17-18,21-22,30-31,42,49,52-54,69-72H,12-16,19-20,23-29,32-37H2,1-11H3,(H,73,74)/b40-21+,41-22+/t42-,49+,52+,53+,54+,63+,64-,65-/m1/s1. The maximum Gasteiger partial charge on any atom is 0.325 e. The number of esters is 1. The molecule has 0 spiro atoms. The molecule has 16 heteroatoms. The van der Waals surface area contributed by atoms with Gasteiger partial charge in [0.15, 0.2) is 0 Å². The number of aliphatic carboxylic acids is 1. The van der Waals surface area contributed by atoms with Gasteiger partial charge in [0, 0.05) is 47.1 Å². The van der Waals surface area contributed by atoms with E-state index in [2.05, 4.69) is 86.6 Å². The highest BCUT2D eigenvalue weighted by Crippen LogP contribution is 2.66. The number of amides is 3. The SMILES string of the molecule is CC(C)=CCC/C(C)=C/CC[C@@]1(C)Oc2c(c(O)cc3c2CN(CCC[C@@H](C(=O)N(CC(=O)O)CC(=O)O[C@H]2C[C@H]4CC[C@]2(C)C4(C)C)N2Cc4c(cc(O)c5c4O[C@](C)(CC/C=C(\C)CCC=C(C)C)[C@@H](O)C5)C2=O)C3=O)C[C@@H]1O. The van der Waals surface area contributed by atoms with Crippen LogP contribution in [0.5, 0.6) is 23.0 Å². The molecule has 2 saturated carbocycles. The lowest BCUT2D eigenvalue weighted by atomic mass is 9.70. The summed E-state index contributed by atoms with van der Waals surface area (Å²) in [7, 11) is 0. The van der Waals surface area contributed by atoms with Crippen molar-refractivity contribution in [2.24, 2.45) is 16.7 Å². The van der Waals surface area contributed by atoms with Gasteiger partial charge in [-0.25, -0.2) is 0 Å². The van der Waals surface area contributed by atoms with Crippen molar-refractivity contribution in [2.45, 2.75) is 221 Å². The number of aliphatic hydroxyl groups excluding tert-OH is 2. The van der Waals surface area contributed by atoms with E-state index in [1.807, 2.05) is 13.8 Å². The number of carboxylic acid groups (broad SMARTS) is 1. The van der Waals surface area contributed by atoms with Crippen LogP contribution in [0.25, 0.3) is 0 Å². The molecule has 4 heterocycles. The highest BCUT2D eigenvalue weighted by Gasteiger charge is 2.63. The first kappa shape index (κ1) is 61.0. The molecular weight excluding hydrogens is 1030 g/mol. The van der Waals surface area contributed by atoms with Crippen molar-refractivity contribution >= 4 is 29.7 Å². The number of fused-ring (bicyclic) bond motifs is 8. The Hall–Kier alpha value is -6.13. The van der Waals surface area contributed by atoms with Gasteiger partial charge >= 0.3 is 11.9 Å². The molecule has 0 unspecified atom stereocenters. The van der Waals surface area contributed by atoms with Gasteiger partial charge in [-0.15, -0.1) is 0 Å². The molecule has 5 N–H and O–H groups in total. The first-order chi connectivity index (χ1) is 38.1.